The fourth-order valence-electron chi connectivity index (χ4n) is 2.78. The fourth-order valence-corrected chi connectivity index (χ4v) is 4.01. The Morgan fingerprint density at radius 1 is 1.29 bits per heavy atom. The first-order valence-electron chi connectivity index (χ1n) is 8.45. The Morgan fingerprint density at radius 2 is 2.04 bits per heavy atom. The van der Waals surface area contributed by atoms with Gasteiger partial charge in [0.05, 0.1) is 19.7 Å². The van der Waals surface area contributed by atoms with Crippen LogP contribution in [0.25, 0.3) is 0 Å². The Balaban J connectivity index is 1.83. The number of likely N-dealkylation sites (N-methyl/N-ethyl adjacent to an activating group) is 1. The number of methoxy groups -OCH3 is 1. The fraction of sp³-hybridized carbons (Fsp3) is 0.211. The molecular formula is C19H20N4O4S. The number of amidine groups is 1. The van der Waals surface area contributed by atoms with E-state index in [1.54, 1.807) is 56.7 Å². The first kappa shape index (κ1) is 19.6. The molecule has 1 N–H and O–H groups in total. The van der Waals surface area contributed by atoms with E-state index in [-0.39, 0.29) is 23.1 Å². The van der Waals surface area contributed by atoms with E-state index < -0.39 is 10.0 Å². The topological polar surface area (TPSA) is 100 Å². The van der Waals surface area contributed by atoms with Gasteiger partial charge < -0.3 is 10.1 Å². The summed E-state index contributed by atoms with van der Waals surface area (Å²) in [7, 11) is 1.04. The number of sulfonamides is 1. The van der Waals surface area contributed by atoms with Crippen molar-refractivity contribution in [3.63, 3.8) is 0 Å². The molecule has 0 radical (unpaired) electrons. The molecule has 0 saturated heterocycles. The van der Waals surface area contributed by atoms with Gasteiger partial charge in [0.25, 0.3) is 10.0 Å². The van der Waals surface area contributed by atoms with Crippen molar-refractivity contribution in [2.75, 3.05) is 21.2 Å². The lowest BCUT2D eigenvalue weighted by molar-refractivity contribution is -0.119. The van der Waals surface area contributed by atoms with Gasteiger partial charge in [0.1, 0.15) is 10.6 Å². The standard InChI is InChI=1S/C19H20N4O4S/c1-20-18(24)11-14-9-8-13(10-16(14)27-3)12-21-23(2)19-15-6-4-5-7-17(15)28(25,26)22-19/h4-10,12H,11H2,1-3H3,(H,20,24)/b21-12+. The molecule has 0 aliphatic carbocycles. The van der Waals surface area contributed by atoms with Crippen LogP contribution in [0, 0.1) is 0 Å². The van der Waals surface area contributed by atoms with Crippen molar-refractivity contribution in [1.29, 1.82) is 0 Å². The van der Waals surface area contributed by atoms with E-state index in [1.807, 2.05) is 0 Å². The van der Waals surface area contributed by atoms with E-state index in [1.165, 1.54) is 18.2 Å². The number of hydrogen-bond donors (Lipinski definition) is 1. The van der Waals surface area contributed by atoms with Crippen molar-refractivity contribution in [2.24, 2.45) is 9.50 Å². The molecule has 0 fully saturated rings. The van der Waals surface area contributed by atoms with Crippen LogP contribution < -0.4 is 10.1 Å². The number of ether oxygens (including phenoxy) is 1. The second-order valence-corrected chi connectivity index (χ2v) is 7.65. The van der Waals surface area contributed by atoms with E-state index >= 15 is 0 Å². The van der Waals surface area contributed by atoms with Gasteiger partial charge in [-0.05, 0) is 23.8 Å². The maximum Gasteiger partial charge on any atom is 0.285 e. The number of hydrazone groups is 1. The van der Waals surface area contributed by atoms with E-state index in [2.05, 4.69) is 14.8 Å². The van der Waals surface area contributed by atoms with Crippen LogP contribution in [0.3, 0.4) is 0 Å². The molecule has 1 amide bonds. The van der Waals surface area contributed by atoms with Gasteiger partial charge in [0.2, 0.25) is 5.91 Å². The van der Waals surface area contributed by atoms with E-state index in [0.717, 1.165) is 11.1 Å². The van der Waals surface area contributed by atoms with Crippen molar-refractivity contribution < 1.29 is 17.9 Å². The number of nitrogens with one attached hydrogen (secondary N) is 1. The molecule has 8 nitrogen and oxygen atoms in total. The number of carbonyl (C=O) groups excluding carboxylic acids is 1. The molecule has 2 aromatic rings. The van der Waals surface area contributed by atoms with Crippen LogP contribution in [0.4, 0.5) is 0 Å². The molecule has 0 saturated carbocycles. The monoisotopic (exact) mass is 400 g/mol. The number of benzene rings is 2. The number of rotatable bonds is 5. The Hall–Kier alpha value is -3.20. The maximum absolute atomic E-state index is 12.2. The molecule has 0 spiro atoms. The lowest BCUT2D eigenvalue weighted by atomic mass is 10.1. The molecule has 146 valence electrons. The van der Waals surface area contributed by atoms with Crippen molar-refractivity contribution >= 4 is 28.0 Å². The van der Waals surface area contributed by atoms with Gasteiger partial charge in [0, 0.05) is 25.2 Å². The van der Waals surface area contributed by atoms with Crippen molar-refractivity contribution in [3.05, 3.63) is 59.2 Å². The zero-order valence-electron chi connectivity index (χ0n) is 15.7. The third-order valence-electron chi connectivity index (χ3n) is 4.24. The zero-order valence-corrected chi connectivity index (χ0v) is 16.5. The quantitative estimate of drug-likeness (QED) is 0.604. The van der Waals surface area contributed by atoms with Gasteiger partial charge in [-0.2, -0.15) is 13.5 Å². The maximum atomic E-state index is 12.2. The molecule has 1 aliphatic heterocycles. The summed E-state index contributed by atoms with van der Waals surface area (Å²) in [6.07, 6.45) is 1.78. The number of nitrogens with zero attached hydrogens (tertiary/aromatic N) is 3. The van der Waals surface area contributed by atoms with Crippen LogP contribution in [-0.2, 0) is 21.2 Å². The summed E-state index contributed by atoms with van der Waals surface area (Å²) in [5, 5.41) is 8.29. The van der Waals surface area contributed by atoms with Crippen molar-refractivity contribution in [1.82, 2.24) is 10.3 Å². The van der Waals surface area contributed by atoms with Gasteiger partial charge in [-0.3, -0.25) is 4.79 Å². The summed E-state index contributed by atoms with van der Waals surface area (Å²) < 4.78 is 33.5. The van der Waals surface area contributed by atoms with Crippen LogP contribution in [0.5, 0.6) is 5.75 Å². The summed E-state index contributed by atoms with van der Waals surface area (Å²) in [5.41, 5.74) is 2.01. The van der Waals surface area contributed by atoms with E-state index in [4.69, 9.17) is 4.74 Å². The van der Waals surface area contributed by atoms with E-state index in [0.29, 0.717) is 11.3 Å². The highest BCUT2D eigenvalue weighted by Crippen LogP contribution is 2.27. The molecular weight excluding hydrogens is 380 g/mol. The van der Waals surface area contributed by atoms with Crippen LogP contribution in [0.1, 0.15) is 16.7 Å². The molecule has 0 atom stereocenters. The molecule has 1 heterocycles. The highest BCUT2D eigenvalue weighted by atomic mass is 32.2. The molecule has 3 rings (SSSR count). The third-order valence-corrected chi connectivity index (χ3v) is 5.57. The highest BCUT2D eigenvalue weighted by Gasteiger charge is 2.30. The number of fused-ring (bicyclic) bond motifs is 1. The van der Waals surface area contributed by atoms with Gasteiger partial charge >= 0.3 is 0 Å². The Kier molecular flexibility index (Phi) is 5.46. The number of carbonyl (C=O) groups is 1. The first-order valence-corrected chi connectivity index (χ1v) is 9.89. The van der Waals surface area contributed by atoms with Crippen LogP contribution in [0.2, 0.25) is 0 Å². The number of hydrogen-bond acceptors (Lipinski definition) is 6. The summed E-state index contributed by atoms with van der Waals surface area (Å²) in [6.45, 7) is 0. The molecule has 0 aromatic heterocycles. The second-order valence-electron chi connectivity index (χ2n) is 6.08. The Labute approximate surface area is 163 Å². The minimum Gasteiger partial charge on any atom is -0.496 e. The summed E-state index contributed by atoms with van der Waals surface area (Å²) in [6, 6.07) is 12.0. The number of amides is 1. The largest absolute Gasteiger partial charge is 0.496 e. The molecule has 1 aliphatic rings. The molecule has 0 unspecified atom stereocenters. The highest BCUT2D eigenvalue weighted by molar-refractivity contribution is 7.90. The lowest BCUT2D eigenvalue weighted by Crippen LogP contribution is -2.21. The van der Waals surface area contributed by atoms with Crippen LogP contribution in [0.15, 0.2) is 56.9 Å². The molecule has 2 aromatic carbocycles. The average Bonchev–Trinajstić information content (AvgIpc) is 2.98. The minimum atomic E-state index is -3.70. The van der Waals surface area contributed by atoms with Gasteiger partial charge in [0.15, 0.2) is 5.84 Å². The summed E-state index contributed by atoms with van der Waals surface area (Å²) >= 11 is 0. The molecule has 28 heavy (non-hydrogen) atoms. The third kappa shape index (κ3) is 3.89. The van der Waals surface area contributed by atoms with Gasteiger partial charge in [-0.25, -0.2) is 5.01 Å². The van der Waals surface area contributed by atoms with Crippen LogP contribution in [-0.4, -0.2) is 52.6 Å². The van der Waals surface area contributed by atoms with Crippen LogP contribution >= 0.6 is 0 Å². The summed E-state index contributed by atoms with van der Waals surface area (Å²) in [4.78, 5) is 11.8. The second kappa shape index (κ2) is 7.81. The van der Waals surface area contributed by atoms with Crippen molar-refractivity contribution in [2.45, 2.75) is 11.3 Å². The normalized spacial score (nSPS) is 14.5. The molecule has 9 heteroatoms. The average molecular weight is 400 g/mol. The summed E-state index contributed by atoms with van der Waals surface area (Å²) in [5.74, 6) is 0.718. The van der Waals surface area contributed by atoms with Gasteiger partial charge in [-0.1, -0.05) is 24.3 Å². The van der Waals surface area contributed by atoms with Crippen molar-refractivity contribution in [3.8, 4) is 5.75 Å². The first-order chi connectivity index (χ1) is 13.4. The lowest BCUT2D eigenvalue weighted by Gasteiger charge is -2.13. The predicted molar refractivity (Wildman–Crippen MR) is 106 cm³/mol. The minimum absolute atomic E-state index is 0.112. The van der Waals surface area contributed by atoms with E-state index in [9.17, 15) is 13.2 Å². The zero-order chi connectivity index (χ0) is 20.3. The Bertz CT molecular complexity index is 1080. The SMILES string of the molecule is CNC(=O)Cc1ccc(/C=N/N(C)C2=NS(=O)(=O)c3ccccc32)cc1OC. The predicted octanol–water partition coefficient (Wildman–Crippen LogP) is 1.40. The van der Waals surface area contributed by atoms with Gasteiger partial charge in [-0.15, -0.1) is 4.40 Å². The molecule has 0 bridgehead atoms. The smallest absolute Gasteiger partial charge is 0.285 e. The Morgan fingerprint density at radius 3 is 2.75 bits per heavy atom.